The Labute approximate surface area is 120 Å². The number of carbonyl (C=O) groups is 1. The summed E-state index contributed by atoms with van der Waals surface area (Å²) in [7, 11) is 0. The molecule has 2 saturated heterocycles. The lowest BCUT2D eigenvalue weighted by atomic mass is 10.1. The molecule has 2 aliphatic heterocycles. The van der Waals surface area contributed by atoms with E-state index < -0.39 is 0 Å². The lowest BCUT2D eigenvalue weighted by molar-refractivity contribution is -0.144. The van der Waals surface area contributed by atoms with E-state index >= 15 is 0 Å². The summed E-state index contributed by atoms with van der Waals surface area (Å²) < 4.78 is 12.0. The van der Waals surface area contributed by atoms with Crippen LogP contribution in [0.15, 0.2) is 28.7 Å². The van der Waals surface area contributed by atoms with Crippen molar-refractivity contribution >= 4 is 21.9 Å². The maximum Gasteiger partial charge on any atom is 0.323 e. The number of esters is 1. The van der Waals surface area contributed by atoms with Crippen molar-refractivity contribution in [3.8, 4) is 0 Å². The number of morpholine rings is 1. The minimum Gasteiger partial charge on any atom is -0.464 e. The summed E-state index contributed by atoms with van der Waals surface area (Å²) in [5.74, 6) is -0.0900. The highest BCUT2D eigenvalue weighted by molar-refractivity contribution is 9.10. The third kappa shape index (κ3) is 2.68. The molecule has 4 nitrogen and oxygen atoms in total. The zero-order valence-corrected chi connectivity index (χ0v) is 12.1. The van der Waals surface area contributed by atoms with E-state index in [4.69, 9.17) is 9.47 Å². The number of carbonyl (C=O) groups excluding carboxylic acids is 1. The second-order valence-corrected chi connectivity index (χ2v) is 5.70. The standard InChI is InChI=1S/C14H16BrNO3/c15-11-4-2-1-3-10(11)13-9-16(6-8-18-13)12-5-7-19-14(12)17/h1-4,12-13H,5-9H2/t12-,13+/m0/s1. The molecule has 2 atom stereocenters. The first-order valence-electron chi connectivity index (χ1n) is 6.52. The van der Waals surface area contributed by atoms with Crippen molar-refractivity contribution in [2.24, 2.45) is 0 Å². The smallest absolute Gasteiger partial charge is 0.323 e. The second-order valence-electron chi connectivity index (χ2n) is 4.85. The van der Waals surface area contributed by atoms with Crippen LogP contribution in [0.25, 0.3) is 0 Å². The summed E-state index contributed by atoms with van der Waals surface area (Å²) in [4.78, 5) is 13.9. The number of ether oxygens (including phenoxy) is 2. The number of benzene rings is 1. The van der Waals surface area contributed by atoms with Crippen molar-refractivity contribution in [1.29, 1.82) is 0 Å². The third-order valence-electron chi connectivity index (χ3n) is 3.70. The molecule has 0 radical (unpaired) electrons. The van der Waals surface area contributed by atoms with E-state index in [0.717, 1.165) is 29.5 Å². The Balaban J connectivity index is 1.75. The second kappa shape index (κ2) is 5.61. The summed E-state index contributed by atoms with van der Waals surface area (Å²) in [6.07, 6.45) is 0.805. The number of hydrogen-bond acceptors (Lipinski definition) is 4. The van der Waals surface area contributed by atoms with Crippen LogP contribution in [0.1, 0.15) is 18.1 Å². The first kappa shape index (κ1) is 13.1. The van der Waals surface area contributed by atoms with Crippen LogP contribution in [-0.2, 0) is 14.3 Å². The Morgan fingerprint density at radius 3 is 2.84 bits per heavy atom. The maximum absolute atomic E-state index is 11.7. The molecule has 5 heteroatoms. The van der Waals surface area contributed by atoms with Gasteiger partial charge in [0.25, 0.3) is 0 Å². The Hall–Kier alpha value is -0.910. The molecular weight excluding hydrogens is 310 g/mol. The maximum atomic E-state index is 11.7. The van der Waals surface area contributed by atoms with Crippen LogP contribution in [-0.4, -0.2) is 43.2 Å². The summed E-state index contributed by atoms with van der Waals surface area (Å²) in [5, 5.41) is 0. The zero-order valence-electron chi connectivity index (χ0n) is 10.5. The predicted octanol–water partition coefficient (Wildman–Crippen LogP) is 2.14. The van der Waals surface area contributed by atoms with Crippen molar-refractivity contribution in [2.75, 3.05) is 26.3 Å². The molecule has 0 aliphatic carbocycles. The van der Waals surface area contributed by atoms with Crippen molar-refractivity contribution in [2.45, 2.75) is 18.6 Å². The van der Waals surface area contributed by atoms with Crippen molar-refractivity contribution in [1.82, 2.24) is 4.90 Å². The van der Waals surface area contributed by atoms with Gasteiger partial charge in [-0.15, -0.1) is 0 Å². The minimum atomic E-state index is -0.0900. The zero-order chi connectivity index (χ0) is 13.2. The van der Waals surface area contributed by atoms with Gasteiger partial charge in [-0.25, -0.2) is 0 Å². The molecule has 3 rings (SSSR count). The molecule has 19 heavy (non-hydrogen) atoms. The van der Waals surface area contributed by atoms with Gasteiger partial charge in [0.05, 0.1) is 19.3 Å². The molecule has 0 unspecified atom stereocenters. The van der Waals surface area contributed by atoms with Crippen LogP contribution in [0.3, 0.4) is 0 Å². The van der Waals surface area contributed by atoms with E-state index in [1.165, 1.54) is 0 Å². The van der Waals surface area contributed by atoms with Crippen LogP contribution >= 0.6 is 15.9 Å². The van der Waals surface area contributed by atoms with Gasteiger partial charge in [0.15, 0.2) is 0 Å². The van der Waals surface area contributed by atoms with E-state index in [9.17, 15) is 4.79 Å². The molecule has 102 valence electrons. The molecule has 0 saturated carbocycles. The Morgan fingerprint density at radius 2 is 2.11 bits per heavy atom. The fraction of sp³-hybridized carbons (Fsp3) is 0.500. The van der Waals surface area contributed by atoms with Crippen LogP contribution in [0.2, 0.25) is 0 Å². The Kier molecular flexibility index (Phi) is 3.86. The molecule has 0 N–H and O–H groups in total. The van der Waals surface area contributed by atoms with Gasteiger partial charge in [-0.1, -0.05) is 34.1 Å². The molecule has 2 heterocycles. The highest BCUT2D eigenvalue weighted by Crippen LogP contribution is 2.30. The molecular formula is C14H16BrNO3. The summed E-state index contributed by atoms with van der Waals surface area (Å²) in [6.45, 7) is 2.72. The summed E-state index contributed by atoms with van der Waals surface area (Å²) in [6, 6.07) is 7.98. The normalized spacial score (nSPS) is 28.4. The monoisotopic (exact) mass is 325 g/mol. The van der Waals surface area contributed by atoms with Gasteiger partial charge in [-0.05, 0) is 11.6 Å². The van der Waals surface area contributed by atoms with Gasteiger partial charge in [-0.2, -0.15) is 0 Å². The molecule has 0 spiro atoms. The largest absolute Gasteiger partial charge is 0.464 e. The van der Waals surface area contributed by atoms with Crippen molar-refractivity contribution < 1.29 is 14.3 Å². The minimum absolute atomic E-state index is 0.0118. The molecule has 2 aliphatic rings. The SMILES string of the molecule is O=C1OCC[C@@H]1N1CCO[C@@H](c2ccccc2Br)C1. The lowest BCUT2D eigenvalue weighted by Crippen LogP contribution is -2.46. The van der Waals surface area contributed by atoms with Gasteiger partial charge in [0, 0.05) is 24.0 Å². The average Bonchev–Trinajstić information content (AvgIpc) is 2.86. The predicted molar refractivity (Wildman–Crippen MR) is 73.8 cm³/mol. The number of cyclic esters (lactones) is 1. The molecule has 1 aromatic rings. The van der Waals surface area contributed by atoms with E-state index in [2.05, 4.69) is 26.9 Å². The number of hydrogen-bond donors (Lipinski definition) is 0. The van der Waals surface area contributed by atoms with Crippen LogP contribution in [0, 0.1) is 0 Å². The molecule has 0 aromatic heterocycles. The average molecular weight is 326 g/mol. The van der Waals surface area contributed by atoms with Gasteiger partial charge in [0.2, 0.25) is 0 Å². The van der Waals surface area contributed by atoms with E-state index in [1.807, 2.05) is 18.2 Å². The summed E-state index contributed by atoms with van der Waals surface area (Å²) >= 11 is 3.56. The van der Waals surface area contributed by atoms with Gasteiger partial charge in [-0.3, -0.25) is 9.69 Å². The molecule has 0 bridgehead atoms. The number of rotatable bonds is 2. The Morgan fingerprint density at radius 1 is 1.26 bits per heavy atom. The molecule has 2 fully saturated rings. The first-order chi connectivity index (χ1) is 9.25. The van der Waals surface area contributed by atoms with E-state index in [0.29, 0.717) is 13.2 Å². The first-order valence-corrected chi connectivity index (χ1v) is 7.32. The van der Waals surface area contributed by atoms with Crippen LogP contribution < -0.4 is 0 Å². The number of halogens is 1. The third-order valence-corrected chi connectivity index (χ3v) is 4.42. The molecule has 1 aromatic carbocycles. The fourth-order valence-electron chi connectivity index (χ4n) is 2.69. The lowest BCUT2D eigenvalue weighted by Gasteiger charge is -2.35. The van der Waals surface area contributed by atoms with Crippen LogP contribution in [0.4, 0.5) is 0 Å². The summed E-state index contributed by atoms with van der Waals surface area (Å²) in [5.41, 5.74) is 1.14. The van der Waals surface area contributed by atoms with Gasteiger partial charge >= 0.3 is 5.97 Å². The van der Waals surface area contributed by atoms with Gasteiger partial charge < -0.3 is 9.47 Å². The van der Waals surface area contributed by atoms with E-state index in [-0.39, 0.29) is 18.1 Å². The van der Waals surface area contributed by atoms with Crippen molar-refractivity contribution in [3.63, 3.8) is 0 Å². The highest BCUT2D eigenvalue weighted by atomic mass is 79.9. The highest BCUT2D eigenvalue weighted by Gasteiger charge is 2.36. The van der Waals surface area contributed by atoms with Gasteiger partial charge in [0.1, 0.15) is 6.04 Å². The van der Waals surface area contributed by atoms with E-state index in [1.54, 1.807) is 0 Å². The van der Waals surface area contributed by atoms with Crippen molar-refractivity contribution in [3.05, 3.63) is 34.3 Å². The van der Waals surface area contributed by atoms with Crippen LogP contribution in [0.5, 0.6) is 0 Å². The Bertz CT molecular complexity index is 480. The molecule has 0 amide bonds. The topological polar surface area (TPSA) is 38.8 Å². The number of nitrogens with zero attached hydrogens (tertiary/aromatic N) is 1. The quantitative estimate of drug-likeness (QED) is 0.781. The fourth-order valence-corrected chi connectivity index (χ4v) is 3.23.